The first-order valence-corrected chi connectivity index (χ1v) is 10.3. The second-order valence-corrected chi connectivity index (χ2v) is 8.03. The third-order valence-corrected chi connectivity index (χ3v) is 6.38. The molecule has 2 aromatic rings. The Morgan fingerprint density at radius 1 is 1.17 bits per heavy atom. The summed E-state index contributed by atoms with van der Waals surface area (Å²) in [6.45, 7) is 1.17. The van der Waals surface area contributed by atoms with Crippen LogP contribution in [0.2, 0.25) is 0 Å². The molecule has 0 saturated carbocycles. The lowest BCUT2D eigenvalue weighted by Crippen LogP contribution is -2.70. The second-order valence-electron chi connectivity index (χ2n) is 8.03. The van der Waals surface area contributed by atoms with Crippen LogP contribution in [0.15, 0.2) is 42.5 Å². The van der Waals surface area contributed by atoms with E-state index < -0.39 is 0 Å². The zero-order valence-corrected chi connectivity index (χ0v) is 17.2. The Hall–Kier alpha value is -2.61. The molecule has 7 heteroatoms. The van der Waals surface area contributed by atoms with Gasteiger partial charge in [-0.05, 0) is 42.7 Å². The maximum atomic E-state index is 13.0. The molecule has 4 atom stereocenters. The van der Waals surface area contributed by atoms with E-state index in [1.54, 1.807) is 32.4 Å². The maximum Gasteiger partial charge on any atom is 0.177 e. The fraction of sp³-hybridized carbons (Fsp3) is 0.435. The Labute approximate surface area is 175 Å². The first-order valence-electron chi connectivity index (χ1n) is 10.3. The number of rotatable bonds is 6. The number of ether oxygens (including phenoxy) is 3. The minimum atomic E-state index is -0.0702. The zero-order chi connectivity index (χ0) is 20.7. The Kier molecular flexibility index (Phi) is 5.10. The Bertz CT molecular complexity index is 947. The molecule has 30 heavy (non-hydrogen) atoms. The normalized spacial score (nSPS) is 27.4. The molecule has 158 valence electrons. The van der Waals surface area contributed by atoms with Crippen LogP contribution in [0.3, 0.4) is 0 Å². The van der Waals surface area contributed by atoms with Gasteiger partial charge in [0.1, 0.15) is 12.0 Å². The monoisotopic (exact) mass is 410 g/mol. The molecule has 2 aromatic carbocycles. The maximum absolute atomic E-state index is 13.0. The summed E-state index contributed by atoms with van der Waals surface area (Å²) in [4.78, 5) is 20.9. The predicted octanol–water partition coefficient (Wildman–Crippen LogP) is 2.44. The predicted molar refractivity (Wildman–Crippen MR) is 110 cm³/mol. The van der Waals surface area contributed by atoms with Crippen molar-refractivity contribution in [3.8, 4) is 17.2 Å². The van der Waals surface area contributed by atoms with E-state index in [1.165, 1.54) is 5.56 Å². The minimum absolute atomic E-state index is 0.0434. The van der Waals surface area contributed by atoms with E-state index in [9.17, 15) is 4.79 Å². The fourth-order valence-corrected chi connectivity index (χ4v) is 4.78. The van der Waals surface area contributed by atoms with Gasteiger partial charge in [-0.1, -0.05) is 18.2 Å². The molecule has 6 rings (SSSR count). The van der Waals surface area contributed by atoms with E-state index in [-0.39, 0.29) is 24.2 Å². The van der Waals surface area contributed by atoms with Crippen LogP contribution in [0.5, 0.6) is 17.2 Å². The van der Waals surface area contributed by atoms with E-state index >= 15 is 0 Å². The van der Waals surface area contributed by atoms with Gasteiger partial charge in [-0.15, -0.1) is 0 Å². The number of Topliss-reactive ketones (excluding diaryl/α,β-unsaturated/α-hetero) is 1. The van der Waals surface area contributed by atoms with Gasteiger partial charge in [-0.3, -0.25) is 9.69 Å². The summed E-state index contributed by atoms with van der Waals surface area (Å²) in [5, 5.41) is 0. The molecule has 0 aliphatic carbocycles. The Morgan fingerprint density at radius 2 is 2.00 bits per heavy atom. The topological polar surface area (TPSA) is 69.3 Å². The van der Waals surface area contributed by atoms with Gasteiger partial charge >= 0.3 is 0 Å². The largest absolute Gasteiger partial charge is 0.493 e. The van der Waals surface area contributed by atoms with Gasteiger partial charge in [-0.2, -0.15) is 5.48 Å². The van der Waals surface area contributed by atoms with Gasteiger partial charge in [-0.25, -0.2) is 0 Å². The van der Waals surface area contributed by atoms with Crippen LogP contribution in [0.25, 0.3) is 0 Å². The molecule has 4 heterocycles. The van der Waals surface area contributed by atoms with E-state index in [0.717, 1.165) is 25.1 Å². The van der Waals surface area contributed by atoms with E-state index in [1.807, 2.05) is 18.2 Å². The third-order valence-electron chi connectivity index (χ3n) is 6.38. The SMILES string of the molecule is COc1ccc(C(=O)CN2CCC3OC2C3C2Cc3ccccc3ON2)cc1OC. The Morgan fingerprint density at radius 3 is 2.80 bits per heavy atom. The van der Waals surface area contributed by atoms with Crippen LogP contribution in [0, 0.1) is 5.92 Å². The molecule has 1 N–H and O–H groups in total. The lowest BCUT2D eigenvalue weighted by molar-refractivity contribution is -0.290. The van der Waals surface area contributed by atoms with Crippen molar-refractivity contribution in [1.82, 2.24) is 10.4 Å². The number of benzene rings is 2. The standard InChI is InChI=1S/C23H26N2O5/c1-27-19-8-7-14(12-21(19)28-2)17(26)13-25-10-9-20-22(23(25)29-20)16-11-15-5-3-4-6-18(15)30-24-16/h3-8,12,16,20,22-24H,9-11,13H2,1-2H3. The average Bonchev–Trinajstić information content (AvgIpc) is 2.78. The average molecular weight is 410 g/mol. The number of nitrogens with one attached hydrogen (secondary N) is 1. The first-order chi connectivity index (χ1) is 14.7. The molecule has 0 radical (unpaired) electrons. The van der Waals surface area contributed by atoms with Gasteiger partial charge in [0, 0.05) is 18.0 Å². The summed E-state index contributed by atoms with van der Waals surface area (Å²) >= 11 is 0. The van der Waals surface area contributed by atoms with E-state index in [2.05, 4.69) is 16.4 Å². The highest BCUT2D eigenvalue weighted by Gasteiger charge is 2.53. The minimum Gasteiger partial charge on any atom is -0.493 e. The van der Waals surface area contributed by atoms with Crippen LogP contribution in [0.1, 0.15) is 22.3 Å². The number of hydrogen-bond acceptors (Lipinski definition) is 7. The number of carbonyl (C=O) groups excluding carboxylic acids is 1. The number of fused-ring (bicyclic) bond motifs is 3. The number of hydrogen-bond donors (Lipinski definition) is 1. The molecule has 7 nitrogen and oxygen atoms in total. The molecule has 4 unspecified atom stereocenters. The van der Waals surface area contributed by atoms with Crippen molar-refractivity contribution in [2.45, 2.75) is 31.2 Å². The van der Waals surface area contributed by atoms with Gasteiger partial charge < -0.3 is 19.0 Å². The number of ketones is 1. The van der Waals surface area contributed by atoms with Crippen LogP contribution in [-0.4, -0.2) is 56.4 Å². The summed E-state index contributed by atoms with van der Waals surface area (Å²) in [5.41, 5.74) is 5.03. The number of nitrogens with zero attached hydrogens (tertiary/aromatic N) is 1. The number of para-hydroxylation sites is 1. The molecular weight excluding hydrogens is 384 g/mol. The highest BCUT2D eigenvalue weighted by Crippen LogP contribution is 2.42. The van der Waals surface area contributed by atoms with Crippen molar-refractivity contribution in [3.05, 3.63) is 53.6 Å². The van der Waals surface area contributed by atoms with E-state index in [4.69, 9.17) is 19.0 Å². The second kappa shape index (κ2) is 7.91. The van der Waals surface area contributed by atoms with Crippen molar-refractivity contribution >= 4 is 5.78 Å². The molecule has 0 spiro atoms. The molecule has 0 amide bonds. The van der Waals surface area contributed by atoms with Gasteiger partial charge in [0.15, 0.2) is 17.3 Å². The summed E-state index contributed by atoms with van der Waals surface area (Å²) in [7, 11) is 3.15. The van der Waals surface area contributed by atoms with Crippen molar-refractivity contribution in [2.24, 2.45) is 5.92 Å². The molecule has 2 bridgehead atoms. The first kappa shape index (κ1) is 19.4. The Balaban J connectivity index is 1.27. The van der Waals surface area contributed by atoms with Crippen LogP contribution in [-0.2, 0) is 11.2 Å². The molecule has 3 saturated heterocycles. The van der Waals surface area contributed by atoms with Crippen LogP contribution >= 0.6 is 0 Å². The van der Waals surface area contributed by atoms with Gasteiger partial charge in [0.2, 0.25) is 0 Å². The molecule has 0 aromatic heterocycles. The lowest BCUT2D eigenvalue weighted by Gasteiger charge is -2.57. The molecule has 4 aliphatic rings. The zero-order valence-electron chi connectivity index (χ0n) is 17.2. The van der Waals surface area contributed by atoms with Crippen LogP contribution in [0.4, 0.5) is 0 Å². The highest BCUT2D eigenvalue weighted by atomic mass is 16.7. The molecule has 4 aliphatic heterocycles. The molecule has 3 fully saturated rings. The number of carbonyl (C=O) groups is 1. The van der Waals surface area contributed by atoms with Gasteiger partial charge in [0.05, 0.1) is 32.9 Å². The lowest BCUT2D eigenvalue weighted by atomic mass is 9.78. The van der Waals surface area contributed by atoms with Crippen molar-refractivity contribution in [3.63, 3.8) is 0 Å². The summed E-state index contributed by atoms with van der Waals surface area (Å²) in [6, 6.07) is 13.6. The van der Waals surface area contributed by atoms with Crippen molar-refractivity contribution in [1.29, 1.82) is 0 Å². The summed E-state index contributed by atoms with van der Waals surface area (Å²) in [5.74, 6) is 2.40. The van der Waals surface area contributed by atoms with Crippen molar-refractivity contribution in [2.75, 3.05) is 27.3 Å². The van der Waals surface area contributed by atoms with Crippen LogP contribution < -0.4 is 19.8 Å². The number of piperidine rings is 1. The quantitative estimate of drug-likeness (QED) is 0.734. The number of hydroxylamine groups is 1. The summed E-state index contributed by atoms with van der Waals surface area (Å²) < 4.78 is 16.7. The fourth-order valence-electron chi connectivity index (χ4n) is 4.78. The van der Waals surface area contributed by atoms with Gasteiger partial charge in [0.25, 0.3) is 0 Å². The smallest absolute Gasteiger partial charge is 0.177 e. The van der Waals surface area contributed by atoms with E-state index in [0.29, 0.717) is 29.5 Å². The van der Waals surface area contributed by atoms with Crippen molar-refractivity contribution < 1.29 is 23.8 Å². The third kappa shape index (κ3) is 3.33. The molecular formula is C23H26N2O5. The summed E-state index contributed by atoms with van der Waals surface area (Å²) in [6.07, 6.45) is 1.96. The highest BCUT2D eigenvalue weighted by molar-refractivity contribution is 5.98. The number of methoxy groups -OCH3 is 2.